The van der Waals surface area contributed by atoms with E-state index in [9.17, 15) is 0 Å². The molecule has 0 aliphatic rings. The molecule has 0 N–H and O–H groups in total. The largest absolute Gasteiger partial charge is 0.326 e. The number of nitriles is 1. The lowest BCUT2D eigenvalue weighted by Crippen LogP contribution is -2.13. The van der Waals surface area contributed by atoms with E-state index in [4.69, 9.17) is 5.26 Å². The molecule has 0 saturated heterocycles. The van der Waals surface area contributed by atoms with E-state index in [1.165, 1.54) is 0 Å². The molecule has 0 aliphatic heterocycles. The first-order valence-corrected chi connectivity index (χ1v) is 6.71. The summed E-state index contributed by atoms with van der Waals surface area (Å²) in [5.74, 6) is 0.722. The highest BCUT2D eigenvalue weighted by Crippen LogP contribution is 2.27. The number of aromatic nitrogens is 3. The zero-order valence-corrected chi connectivity index (χ0v) is 12.2. The molecule has 2 aromatic heterocycles. The van der Waals surface area contributed by atoms with Crippen LogP contribution in [0.15, 0.2) is 47.5 Å². The van der Waals surface area contributed by atoms with Crippen molar-refractivity contribution in [3.63, 3.8) is 0 Å². The second kappa shape index (κ2) is 4.94. The summed E-state index contributed by atoms with van der Waals surface area (Å²) < 4.78 is 2.62. The van der Waals surface area contributed by atoms with E-state index in [-0.39, 0.29) is 0 Å². The molecule has 20 heavy (non-hydrogen) atoms. The third-order valence-electron chi connectivity index (χ3n) is 3.01. The van der Waals surface area contributed by atoms with E-state index >= 15 is 0 Å². The number of benzene rings is 1. The maximum absolute atomic E-state index is 8.99. The quantitative estimate of drug-likeness (QED) is 0.725. The number of rotatable bonds is 2. The van der Waals surface area contributed by atoms with Gasteiger partial charge in [-0.2, -0.15) is 5.26 Å². The number of fused-ring (bicyclic) bond motifs is 1. The summed E-state index contributed by atoms with van der Waals surface area (Å²) in [5, 5.41) is 8.99. The van der Waals surface area contributed by atoms with Crippen LogP contribution in [-0.2, 0) is 0 Å². The van der Waals surface area contributed by atoms with Crippen LogP contribution in [0, 0.1) is 11.3 Å². The highest BCUT2D eigenvalue weighted by Gasteiger charge is 2.13. The van der Waals surface area contributed by atoms with Gasteiger partial charge in [-0.1, -0.05) is 6.07 Å². The van der Waals surface area contributed by atoms with E-state index in [2.05, 4.69) is 32.0 Å². The summed E-state index contributed by atoms with van der Waals surface area (Å²) in [5.41, 5.74) is 2.27. The third kappa shape index (κ3) is 2.12. The van der Waals surface area contributed by atoms with Crippen molar-refractivity contribution in [2.75, 3.05) is 11.9 Å². The van der Waals surface area contributed by atoms with Gasteiger partial charge in [0.05, 0.1) is 11.6 Å². The standard InChI is InChI=1S/C14H10BrN5/c1-19(11-4-2-3-10(7-11)8-16)14-13-17-5-6-20(13)9-12(15)18-14/h2-7,9H,1H3. The fourth-order valence-corrected chi connectivity index (χ4v) is 2.41. The average Bonchev–Trinajstić information content (AvgIpc) is 2.93. The van der Waals surface area contributed by atoms with Crippen LogP contribution < -0.4 is 4.90 Å². The zero-order chi connectivity index (χ0) is 14.1. The van der Waals surface area contributed by atoms with Gasteiger partial charge in [-0.15, -0.1) is 0 Å². The second-order valence-corrected chi connectivity index (χ2v) is 5.08. The summed E-state index contributed by atoms with van der Waals surface area (Å²) in [4.78, 5) is 10.7. The van der Waals surface area contributed by atoms with Crippen molar-refractivity contribution in [1.82, 2.24) is 14.4 Å². The van der Waals surface area contributed by atoms with Crippen molar-refractivity contribution < 1.29 is 0 Å². The topological polar surface area (TPSA) is 57.2 Å². The first-order valence-electron chi connectivity index (χ1n) is 5.92. The minimum atomic E-state index is 0.615. The van der Waals surface area contributed by atoms with Gasteiger partial charge in [0.15, 0.2) is 11.5 Å². The summed E-state index contributed by atoms with van der Waals surface area (Å²) >= 11 is 3.40. The number of nitrogens with zero attached hydrogens (tertiary/aromatic N) is 5. The monoisotopic (exact) mass is 327 g/mol. The van der Waals surface area contributed by atoms with Crippen LogP contribution in [-0.4, -0.2) is 21.4 Å². The van der Waals surface area contributed by atoms with Crippen molar-refractivity contribution >= 4 is 33.1 Å². The Labute approximate surface area is 124 Å². The second-order valence-electron chi connectivity index (χ2n) is 4.27. The van der Waals surface area contributed by atoms with Crippen molar-refractivity contribution in [1.29, 1.82) is 5.26 Å². The van der Waals surface area contributed by atoms with Crippen LogP contribution in [0.3, 0.4) is 0 Å². The number of halogens is 1. The minimum Gasteiger partial charge on any atom is -0.326 e. The zero-order valence-electron chi connectivity index (χ0n) is 10.7. The first kappa shape index (κ1) is 12.6. The molecule has 3 aromatic rings. The molecule has 0 saturated carbocycles. The van der Waals surface area contributed by atoms with Gasteiger partial charge < -0.3 is 9.30 Å². The van der Waals surface area contributed by atoms with Crippen molar-refractivity contribution in [2.45, 2.75) is 0 Å². The Balaban J connectivity index is 2.14. The SMILES string of the molecule is CN(c1cccc(C#N)c1)c1nc(Br)cn2ccnc12. The molecule has 6 heteroatoms. The van der Waals surface area contributed by atoms with Crippen LogP contribution in [0.25, 0.3) is 5.65 Å². The van der Waals surface area contributed by atoms with Crippen molar-refractivity contribution in [3.05, 3.63) is 53.0 Å². The Morgan fingerprint density at radius 3 is 3.05 bits per heavy atom. The Hall–Kier alpha value is -2.39. The molecule has 2 heterocycles. The summed E-state index contributed by atoms with van der Waals surface area (Å²) in [7, 11) is 1.90. The summed E-state index contributed by atoms with van der Waals surface area (Å²) in [6.45, 7) is 0. The van der Waals surface area contributed by atoms with Crippen molar-refractivity contribution in [2.24, 2.45) is 0 Å². The van der Waals surface area contributed by atoms with Crippen LogP contribution in [0.2, 0.25) is 0 Å². The Bertz CT molecular complexity index is 818. The van der Waals surface area contributed by atoms with Gasteiger partial charge >= 0.3 is 0 Å². The number of hydrogen-bond acceptors (Lipinski definition) is 4. The first-order chi connectivity index (χ1) is 9.69. The highest BCUT2D eigenvalue weighted by molar-refractivity contribution is 9.10. The van der Waals surface area contributed by atoms with Gasteiger partial charge in [0.2, 0.25) is 0 Å². The molecular weight excluding hydrogens is 318 g/mol. The Morgan fingerprint density at radius 1 is 1.40 bits per heavy atom. The van der Waals surface area contributed by atoms with Gasteiger partial charge in [0, 0.05) is 31.3 Å². The average molecular weight is 328 g/mol. The molecule has 3 rings (SSSR count). The fourth-order valence-electron chi connectivity index (χ4n) is 2.02. The lowest BCUT2D eigenvalue weighted by Gasteiger charge is -2.19. The molecule has 0 spiro atoms. The van der Waals surface area contributed by atoms with Gasteiger partial charge in [0.1, 0.15) is 4.60 Å². The third-order valence-corrected chi connectivity index (χ3v) is 3.39. The van der Waals surface area contributed by atoms with Crippen LogP contribution in [0.1, 0.15) is 5.56 Å². The highest BCUT2D eigenvalue weighted by atomic mass is 79.9. The van der Waals surface area contributed by atoms with Crippen molar-refractivity contribution in [3.8, 4) is 6.07 Å². The Morgan fingerprint density at radius 2 is 2.25 bits per heavy atom. The Kier molecular flexibility index (Phi) is 3.12. The number of imidazole rings is 1. The lowest BCUT2D eigenvalue weighted by molar-refractivity contribution is 1.05. The van der Waals surface area contributed by atoms with Gasteiger partial charge in [-0.05, 0) is 34.1 Å². The maximum Gasteiger partial charge on any atom is 0.180 e. The molecule has 0 bridgehead atoms. The molecular formula is C14H10BrN5. The summed E-state index contributed by atoms with van der Waals surface area (Å²) in [6, 6.07) is 9.52. The predicted molar refractivity (Wildman–Crippen MR) is 79.9 cm³/mol. The minimum absolute atomic E-state index is 0.615. The van der Waals surface area contributed by atoms with E-state index in [0.717, 1.165) is 21.8 Å². The van der Waals surface area contributed by atoms with Crippen LogP contribution >= 0.6 is 15.9 Å². The molecule has 0 amide bonds. The van der Waals surface area contributed by atoms with Crippen LogP contribution in [0.5, 0.6) is 0 Å². The molecule has 5 nitrogen and oxygen atoms in total. The molecule has 0 unspecified atom stereocenters. The molecule has 0 aliphatic carbocycles. The lowest BCUT2D eigenvalue weighted by atomic mass is 10.2. The maximum atomic E-state index is 8.99. The van der Waals surface area contributed by atoms with E-state index in [1.54, 1.807) is 12.3 Å². The van der Waals surface area contributed by atoms with Gasteiger partial charge in [0.25, 0.3) is 0 Å². The van der Waals surface area contributed by atoms with Crippen LogP contribution in [0.4, 0.5) is 11.5 Å². The van der Waals surface area contributed by atoms with E-state index in [1.807, 2.05) is 46.9 Å². The molecule has 98 valence electrons. The molecule has 0 radical (unpaired) electrons. The van der Waals surface area contributed by atoms with Gasteiger partial charge in [-0.3, -0.25) is 0 Å². The molecule has 0 atom stereocenters. The summed E-state index contributed by atoms with van der Waals surface area (Å²) in [6.07, 6.45) is 5.45. The van der Waals surface area contributed by atoms with E-state index in [0.29, 0.717) is 5.56 Å². The fraction of sp³-hybridized carbons (Fsp3) is 0.0714. The molecule has 1 aromatic carbocycles. The van der Waals surface area contributed by atoms with E-state index < -0.39 is 0 Å². The number of anilines is 2. The normalized spacial score (nSPS) is 10.4. The predicted octanol–water partition coefficient (Wildman–Crippen LogP) is 3.13. The number of hydrogen-bond donors (Lipinski definition) is 0. The smallest absolute Gasteiger partial charge is 0.180 e. The van der Waals surface area contributed by atoms with Gasteiger partial charge in [-0.25, -0.2) is 9.97 Å². The molecule has 0 fully saturated rings.